The largest absolute Gasteiger partial charge is 0.394 e. The maximum absolute atomic E-state index is 9.59. The van der Waals surface area contributed by atoms with Gasteiger partial charge in [-0.2, -0.15) is 0 Å². The third-order valence-electron chi connectivity index (χ3n) is 2.79. The number of hydrogen-bond donors (Lipinski definition) is 6. The van der Waals surface area contributed by atoms with Crippen molar-refractivity contribution in [2.24, 2.45) is 0 Å². The van der Waals surface area contributed by atoms with Gasteiger partial charge in [0.1, 0.15) is 24.4 Å². The molecule has 1 rings (SSSR count). The van der Waals surface area contributed by atoms with Crippen LogP contribution >= 0.6 is 0 Å². The van der Waals surface area contributed by atoms with Gasteiger partial charge in [0.25, 0.3) is 0 Å². The summed E-state index contributed by atoms with van der Waals surface area (Å²) >= 11 is 0. The summed E-state index contributed by atoms with van der Waals surface area (Å²) < 4.78 is 10.2. The lowest BCUT2D eigenvalue weighted by atomic mass is 9.99. The van der Waals surface area contributed by atoms with Crippen LogP contribution in [0.5, 0.6) is 0 Å². The Morgan fingerprint density at radius 2 is 1.72 bits per heavy atom. The average molecular weight is 268 g/mol. The zero-order valence-electron chi connectivity index (χ0n) is 9.79. The summed E-state index contributed by atoms with van der Waals surface area (Å²) in [5.41, 5.74) is 0. The summed E-state index contributed by atoms with van der Waals surface area (Å²) in [6.45, 7) is -0.938. The highest BCUT2D eigenvalue weighted by atomic mass is 16.7. The summed E-state index contributed by atoms with van der Waals surface area (Å²) in [4.78, 5) is 0. The molecule has 0 amide bonds. The van der Waals surface area contributed by atoms with Gasteiger partial charge in [0.15, 0.2) is 6.29 Å². The van der Waals surface area contributed by atoms with Crippen LogP contribution in [0.15, 0.2) is 0 Å². The van der Waals surface area contributed by atoms with E-state index < -0.39 is 50.0 Å². The quantitative estimate of drug-likeness (QED) is 0.292. The standard InChI is InChI=1S/C10H20O8/c11-3-5(13)1-2-17-10-9(16)8(15)7(14)6(4-12)18-10/h5-16H,1-4H2/t5-,6+,7+,8-,9+,10+/m0/s1. The number of aliphatic hydroxyl groups is 6. The third kappa shape index (κ3) is 3.84. The van der Waals surface area contributed by atoms with Gasteiger partial charge in [-0.25, -0.2) is 0 Å². The van der Waals surface area contributed by atoms with Crippen molar-refractivity contribution in [1.29, 1.82) is 0 Å². The van der Waals surface area contributed by atoms with Crippen molar-refractivity contribution in [3.63, 3.8) is 0 Å². The highest BCUT2D eigenvalue weighted by molar-refractivity contribution is 4.88. The fraction of sp³-hybridized carbons (Fsp3) is 1.00. The van der Waals surface area contributed by atoms with Gasteiger partial charge in [0.05, 0.1) is 25.9 Å². The lowest BCUT2D eigenvalue weighted by Crippen LogP contribution is -2.59. The molecule has 0 aromatic heterocycles. The lowest BCUT2D eigenvalue weighted by molar-refractivity contribution is -0.301. The second-order valence-electron chi connectivity index (χ2n) is 4.19. The molecule has 0 aliphatic carbocycles. The Labute approximate surface area is 104 Å². The minimum atomic E-state index is -1.48. The van der Waals surface area contributed by atoms with Crippen molar-refractivity contribution < 1.29 is 40.1 Å². The van der Waals surface area contributed by atoms with Gasteiger partial charge in [0.2, 0.25) is 0 Å². The maximum atomic E-state index is 9.59. The van der Waals surface area contributed by atoms with E-state index in [4.69, 9.17) is 24.8 Å². The molecule has 0 saturated carbocycles. The van der Waals surface area contributed by atoms with E-state index >= 15 is 0 Å². The first-order valence-corrected chi connectivity index (χ1v) is 5.72. The molecule has 6 atom stereocenters. The number of rotatable bonds is 6. The molecule has 8 heteroatoms. The van der Waals surface area contributed by atoms with Crippen LogP contribution in [0.4, 0.5) is 0 Å². The van der Waals surface area contributed by atoms with Gasteiger partial charge in [-0.15, -0.1) is 0 Å². The SMILES string of the molecule is OC[C@@H](O)CCO[C@@H]1O[C@H](CO)[C@@H](O)[C@H](O)[C@H]1O. The van der Waals surface area contributed by atoms with Crippen LogP contribution in [0.3, 0.4) is 0 Å². The van der Waals surface area contributed by atoms with E-state index in [1.54, 1.807) is 0 Å². The average Bonchev–Trinajstić information content (AvgIpc) is 2.38. The Hall–Kier alpha value is -0.320. The van der Waals surface area contributed by atoms with Gasteiger partial charge in [0, 0.05) is 0 Å². The van der Waals surface area contributed by atoms with Crippen molar-refractivity contribution in [2.45, 2.75) is 43.2 Å². The zero-order valence-corrected chi connectivity index (χ0v) is 9.79. The molecule has 0 aromatic rings. The molecule has 1 aliphatic rings. The third-order valence-corrected chi connectivity index (χ3v) is 2.79. The molecule has 1 heterocycles. The van der Waals surface area contributed by atoms with Crippen LogP contribution in [0, 0.1) is 0 Å². The molecule has 0 unspecified atom stereocenters. The predicted molar refractivity (Wildman–Crippen MR) is 57.4 cm³/mol. The summed E-state index contributed by atoms with van der Waals surface area (Å²) in [5, 5.41) is 55.2. The Bertz CT molecular complexity index is 236. The van der Waals surface area contributed by atoms with Crippen molar-refractivity contribution in [3.05, 3.63) is 0 Å². The Balaban J connectivity index is 2.44. The predicted octanol–water partition coefficient (Wildman–Crippen LogP) is -3.45. The van der Waals surface area contributed by atoms with E-state index in [9.17, 15) is 15.3 Å². The van der Waals surface area contributed by atoms with E-state index in [1.165, 1.54) is 0 Å². The summed E-state index contributed by atoms with van der Waals surface area (Å²) in [5.74, 6) is 0. The van der Waals surface area contributed by atoms with E-state index in [-0.39, 0.29) is 13.0 Å². The van der Waals surface area contributed by atoms with E-state index in [0.29, 0.717) is 0 Å². The molecule has 18 heavy (non-hydrogen) atoms. The molecule has 0 radical (unpaired) electrons. The first-order chi connectivity index (χ1) is 8.51. The van der Waals surface area contributed by atoms with Crippen LogP contribution in [-0.4, -0.2) is 87.3 Å². The Morgan fingerprint density at radius 1 is 1.06 bits per heavy atom. The molecule has 8 nitrogen and oxygen atoms in total. The van der Waals surface area contributed by atoms with Crippen LogP contribution in [0.1, 0.15) is 6.42 Å². The Morgan fingerprint density at radius 3 is 2.28 bits per heavy atom. The fourth-order valence-corrected chi connectivity index (χ4v) is 1.62. The van der Waals surface area contributed by atoms with E-state index in [0.717, 1.165) is 0 Å². The second-order valence-corrected chi connectivity index (χ2v) is 4.19. The number of hydrogen-bond acceptors (Lipinski definition) is 8. The topological polar surface area (TPSA) is 140 Å². The molecule has 6 N–H and O–H groups in total. The van der Waals surface area contributed by atoms with Crippen LogP contribution in [0.25, 0.3) is 0 Å². The maximum Gasteiger partial charge on any atom is 0.186 e. The summed E-state index contributed by atoms with van der Waals surface area (Å²) in [7, 11) is 0. The van der Waals surface area contributed by atoms with Crippen molar-refractivity contribution in [3.8, 4) is 0 Å². The van der Waals surface area contributed by atoms with Gasteiger partial charge in [-0.05, 0) is 6.42 Å². The van der Waals surface area contributed by atoms with Crippen molar-refractivity contribution in [2.75, 3.05) is 19.8 Å². The van der Waals surface area contributed by atoms with Gasteiger partial charge < -0.3 is 40.1 Å². The van der Waals surface area contributed by atoms with E-state index in [2.05, 4.69) is 0 Å². The molecule has 1 fully saturated rings. The highest BCUT2D eigenvalue weighted by Crippen LogP contribution is 2.22. The van der Waals surface area contributed by atoms with Crippen molar-refractivity contribution >= 4 is 0 Å². The van der Waals surface area contributed by atoms with Gasteiger partial charge in [-0.1, -0.05) is 0 Å². The summed E-state index contributed by atoms with van der Waals surface area (Å²) in [6.07, 6.45) is -7.38. The molecule has 1 saturated heterocycles. The zero-order chi connectivity index (χ0) is 13.7. The molecule has 0 aromatic carbocycles. The molecular weight excluding hydrogens is 248 g/mol. The highest BCUT2D eigenvalue weighted by Gasteiger charge is 2.43. The van der Waals surface area contributed by atoms with Gasteiger partial charge in [-0.3, -0.25) is 0 Å². The minimum Gasteiger partial charge on any atom is -0.394 e. The monoisotopic (exact) mass is 268 g/mol. The fourth-order valence-electron chi connectivity index (χ4n) is 1.62. The normalized spacial score (nSPS) is 38.7. The first kappa shape index (κ1) is 15.7. The minimum absolute atomic E-state index is 0.00951. The smallest absolute Gasteiger partial charge is 0.186 e. The molecule has 108 valence electrons. The van der Waals surface area contributed by atoms with Gasteiger partial charge >= 0.3 is 0 Å². The number of ether oxygens (including phenoxy) is 2. The molecule has 0 spiro atoms. The number of aliphatic hydroxyl groups excluding tert-OH is 6. The lowest BCUT2D eigenvalue weighted by Gasteiger charge is -2.39. The molecule has 1 aliphatic heterocycles. The first-order valence-electron chi connectivity index (χ1n) is 5.72. The van der Waals surface area contributed by atoms with Crippen molar-refractivity contribution in [1.82, 2.24) is 0 Å². The van der Waals surface area contributed by atoms with E-state index in [1.807, 2.05) is 0 Å². The molecular formula is C10H20O8. The second kappa shape index (κ2) is 7.31. The van der Waals surface area contributed by atoms with Crippen LogP contribution in [-0.2, 0) is 9.47 Å². The summed E-state index contributed by atoms with van der Waals surface area (Å²) in [6, 6.07) is 0. The van der Waals surface area contributed by atoms with Crippen LogP contribution < -0.4 is 0 Å². The van der Waals surface area contributed by atoms with Crippen LogP contribution in [0.2, 0.25) is 0 Å². The molecule has 0 bridgehead atoms. The Kier molecular flexibility index (Phi) is 6.39.